The summed E-state index contributed by atoms with van der Waals surface area (Å²) >= 11 is 8.91. The summed E-state index contributed by atoms with van der Waals surface area (Å²) in [6.45, 7) is 4.12. The fourth-order valence-corrected chi connectivity index (χ4v) is 4.61. The van der Waals surface area contributed by atoms with Gasteiger partial charge in [0.25, 0.3) is 6.43 Å². The number of hydrogen-bond donors (Lipinski definition) is 1. The summed E-state index contributed by atoms with van der Waals surface area (Å²) in [5.74, 6) is 0. The highest BCUT2D eigenvalue weighted by molar-refractivity contribution is 7.97. The minimum absolute atomic E-state index is 0.187. The van der Waals surface area contributed by atoms with Crippen LogP contribution in [0.3, 0.4) is 0 Å². The summed E-state index contributed by atoms with van der Waals surface area (Å²) < 4.78 is 31.0. The van der Waals surface area contributed by atoms with Crippen LogP contribution in [0.2, 0.25) is 5.02 Å². The van der Waals surface area contributed by atoms with Crippen LogP contribution in [0.4, 0.5) is 8.78 Å². The van der Waals surface area contributed by atoms with Crippen LogP contribution >= 0.6 is 34.9 Å². The molecule has 3 heterocycles. The van der Waals surface area contributed by atoms with Crippen LogP contribution in [0.1, 0.15) is 36.8 Å². The van der Waals surface area contributed by atoms with Gasteiger partial charge < -0.3 is 4.40 Å². The summed E-state index contributed by atoms with van der Waals surface area (Å²) in [4.78, 5) is 0.959. The number of alkyl halides is 2. The zero-order valence-corrected chi connectivity index (χ0v) is 15.9. The van der Waals surface area contributed by atoms with Crippen LogP contribution in [0.15, 0.2) is 23.2 Å². The van der Waals surface area contributed by atoms with Crippen molar-refractivity contribution in [3.05, 3.63) is 33.9 Å². The fraction of sp³-hybridized carbons (Fsp3) is 0.375. The van der Waals surface area contributed by atoms with Crippen LogP contribution in [0.5, 0.6) is 0 Å². The molecule has 0 bridgehead atoms. The van der Waals surface area contributed by atoms with E-state index in [1.807, 2.05) is 29.7 Å². The Kier molecular flexibility index (Phi) is 4.26. The van der Waals surface area contributed by atoms with E-state index in [9.17, 15) is 8.78 Å². The average Bonchev–Trinajstić information content (AvgIpc) is 2.98. The Balaban J connectivity index is 1.76. The Hall–Kier alpha value is -1.22. The summed E-state index contributed by atoms with van der Waals surface area (Å²) in [7, 11) is 0. The van der Waals surface area contributed by atoms with Crippen molar-refractivity contribution in [1.29, 1.82) is 0 Å². The number of hydrogen-bond acceptors (Lipinski definition) is 5. The van der Waals surface area contributed by atoms with Gasteiger partial charge in [0.15, 0.2) is 10.0 Å². The molecule has 0 saturated heterocycles. The van der Waals surface area contributed by atoms with Gasteiger partial charge in [-0.15, -0.1) is 10.2 Å². The third-order valence-corrected chi connectivity index (χ3v) is 6.54. The molecule has 0 unspecified atom stereocenters. The van der Waals surface area contributed by atoms with E-state index in [-0.39, 0.29) is 10.5 Å². The molecule has 0 spiro atoms. The molecule has 4 rings (SSSR count). The van der Waals surface area contributed by atoms with Crippen LogP contribution in [0, 0.1) is 6.92 Å². The summed E-state index contributed by atoms with van der Waals surface area (Å²) in [5, 5.41) is 8.31. The molecule has 1 aliphatic rings. The van der Waals surface area contributed by atoms with Gasteiger partial charge in [0, 0.05) is 16.6 Å². The third-order valence-electron chi connectivity index (χ3n) is 4.24. The number of nitrogens with one attached hydrogen (secondary N) is 1. The van der Waals surface area contributed by atoms with Crippen LogP contribution < -0.4 is 4.72 Å². The molecular formula is C16H15ClF2N4S2. The topological polar surface area (TPSA) is 42.2 Å². The molecule has 4 nitrogen and oxygen atoms in total. The minimum Gasteiger partial charge on any atom is -0.311 e. The lowest BCUT2D eigenvalue weighted by Crippen LogP contribution is -2.19. The maximum atomic E-state index is 12.8. The first kappa shape index (κ1) is 17.2. The molecule has 3 aromatic heterocycles. The van der Waals surface area contributed by atoms with Gasteiger partial charge in [0.2, 0.25) is 0 Å². The predicted molar refractivity (Wildman–Crippen MR) is 97.6 cm³/mol. The smallest absolute Gasteiger partial charge is 0.291 e. The van der Waals surface area contributed by atoms with Crippen molar-refractivity contribution in [2.75, 3.05) is 0 Å². The summed E-state index contributed by atoms with van der Waals surface area (Å²) in [5.41, 5.74) is 2.73. The number of rotatable bonds is 5. The van der Waals surface area contributed by atoms with Crippen molar-refractivity contribution in [3.63, 3.8) is 0 Å². The highest BCUT2D eigenvalue weighted by Crippen LogP contribution is 2.39. The van der Waals surface area contributed by atoms with Crippen molar-refractivity contribution in [2.45, 2.75) is 43.5 Å². The zero-order chi connectivity index (χ0) is 17.8. The molecule has 1 fully saturated rings. The van der Waals surface area contributed by atoms with Crippen molar-refractivity contribution >= 4 is 40.4 Å². The molecule has 0 atom stereocenters. The summed E-state index contributed by atoms with van der Waals surface area (Å²) in [6.07, 6.45) is 1.66. The number of aryl methyl sites for hydroxylation is 1. The Morgan fingerprint density at radius 1 is 1.36 bits per heavy atom. The predicted octanol–water partition coefficient (Wildman–Crippen LogP) is 5.51. The van der Waals surface area contributed by atoms with Gasteiger partial charge in [0.1, 0.15) is 0 Å². The van der Waals surface area contributed by atoms with E-state index in [4.69, 9.17) is 11.6 Å². The maximum Gasteiger partial charge on any atom is 0.291 e. The van der Waals surface area contributed by atoms with Crippen molar-refractivity contribution in [3.8, 4) is 10.7 Å². The summed E-state index contributed by atoms with van der Waals surface area (Å²) in [6, 6.07) is 3.82. The maximum absolute atomic E-state index is 12.8. The second-order valence-electron chi connectivity index (χ2n) is 6.47. The lowest BCUT2D eigenvalue weighted by atomic mass is 10.3. The van der Waals surface area contributed by atoms with Gasteiger partial charge in [-0.1, -0.05) is 22.9 Å². The van der Waals surface area contributed by atoms with Gasteiger partial charge in [-0.25, -0.2) is 8.78 Å². The zero-order valence-electron chi connectivity index (χ0n) is 13.5. The lowest BCUT2D eigenvalue weighted by molar-refractivity contribution is 0.150. The number of pyridine rings is 1. The van der Waals surface area contributed by atoms with Crippen LogP contribution in [0.25, 0.3) is 16.2 Å². The molecule has 0 aliphatic heterocycles. The quantitative estimate of drug-likeness (QED) is 0.573. The van der Waals surface area contributed by atoms with Gasteiger partial charge in [-0.2, -0.15) is 0 Å². The molecule has 25 heavy (non-hydrogen) atoms. The van der Waals surface area contributed by atoms with Crippen LogP contribution in [-0.4, -0.2) is 20.1 Å². The fourth-order valence-electron chi connectivity index (χ4n) is 2.57. The van der Waals surface area contributed by atoms with E-state index in [1.54, 1.807) is 0 Å². The van der Waals surface area contributed by atoms with Gasteiger partial charge >= 0.3 is 0 Å². The standard InChI is InChI=1S/C16H15ClF2N4S2/c1-8-5-11(14-20-21-15(24-14)13(18)19)23-7-9(6-10(17)12(8)23)25-22-16(2)3-4-16/h5-7,13,22H,3-4H2,1-2H3. The third kappa shape index (κ3) is 3.28. The molecule has 1 aliphatic carbocycles. The number of nitrogens with zero attached hydrogens (tertiary/aromatic N) is 3. The van der Waals surface area contributed by atoms with E-state index in [2.05, 4.69) is 21.8 Å². The number of fused-ring (bicyclic) bond motifs is 1. The Bertz CT molecular complexity index is 949. The molecule has 9 heteroatoms. The lowest BCUT2D eigenvalue weighted by Gasteiger charge is -2.12. The molecule has 0 aromatic carbocycles. The van der Waals surface area contributed by atoms with Gasteiger partial charge in [0.05, 0.1) is 16.2 Å². The van der Waals surface area contributed by atoms with E-state index in [1.165, 1.54) is 11.9 Å². The van der Waals surface area contributed by atoms with Gasteiger partial charge in [-0.3, -0.25) is 4.72 Å². The minimum atomic E-state index is -2.61. The molecule has 1 N–H and O–H groups in total. The van der Waals surface area contributed by atoms with Crippen molar-refractivity contribution in [2.24, 2.45) is 0 Å². The van der Waals surface area contributed by atoms with Crippen LogP contribution in [-0.2, 0) is 0 Å². The molecule has 132 valence electrons. The molecule has 1 saturated carbocycles. The monoisotopic (exact) mass is 400 g/mol. The SMILES string of the molecule is Cc1cc(-c2nnc(C(F)F)s2)n2cc(SNC3(C)CC3)cc(Cl)c12. The van der Waals surface area contributed by atoms with E-state index in [0.717, 1.165) is 45.8 Å². The average molecular weight is 401 g/mol. The first-order valence-electron chi connectivity index (χ1n) is 7.73. The number of aromatic nitrogens is 3. The van der Waals surface area contributed by atoms with Crippen molar-refractivity contribution in [1.82, 2.24) is 19.3 Å². The Labute approximate surface area is 156 Å². The highest BCUT2D eigenvalue weighted by Gasteiger charge is 2.37. The first-order chi connectivity index (χ1) is 11.9. The molecule has 0 amide bonds. The van der Waals surface area contributed by atoms with E-state index in [0.29, 0.717) is 10.0 Å². The second kappa shape index (κ2) is 6.19. The second-order valence-corrected chi connectivity index (χ2v) is 8.76. The normalized spacial score (nSPS) is 16.1. The number of halogens is 3. The van der Waals surface area contributed by atoms with E-state index < -0.39 is 6.43 Å². The first-order valence-corrected chi connectivity index (χ1v) is 9.74. The Morgan fingerprint density at radius 3 is 2.76 bits per heavy atom. The molecule has 0 radical (unpaired) electrons. The highest BCUT2D eigenvalue weighted by atomic mass is 35.5. The van der Waals surface area contributed by atoms with Gasteiger partial charge in [-0.05, 0) is 56.3 Å². The largest absolute Gasteiger partial charge is 0.311 e. The Morgan fingerprint density at radius 2 is 2.12 bits per heavy atom. The molecular weight excluding hydrogens is 386 g/mol. The molecule has 3 aromatic rings. The van der Waals surface area contributed by atoms with Crippen molar-refractivity contribution < 1.29 is 8.78 Å². The van der Waals surface area contributed by atoms with E-state index >= 15 is 0 Å².